The minimum atomic E-state index is 0. The number of nitrogens with zero attached hydrogens (tertiary/aromatic N) is 2. The van der Waals surface area contributed by atoms with Crippen LogP contribution in [-0.2, 0) is 11.4 Å². The van der Waals surface area contributed by atoms with Gasteiger partial charge in [-0.1, -0.05) is 12.1 Å². The third kappa shape index (κ3) is 4.46. The van der Waals surface area contributed by atoms with Crippen molar-refractivity contribution in [3.8, 4) is 5.75 Å². The predicted molar refractivity (Wildman–Crippen MR) is 91.2 cm³/mol. The van der Waals surface area contributed by atoms with E-state index in [1.165, 1.54) is 0 Å². The summed E-state index contributed by atoms with van der Waals surface area (Å²) in [5.41, 5.74) is 0.759. The summed E-state index contributed by atoms with van der Waals surface area (Å²) >= 11 is 0. The van der Waals surface area contributed by atoms with Gasteiger partial charge in [-0.25, -0.2) is 0 Å². The Morgan fingerprint density at radius 2 is 2.12 bits per heavy atom. The number of benzene rings is 1. The molecule has 1 aromatic carbocycles. The molecule has 0 radical (unpaired) electrons. The van der Waals surface area contributed by atoms with Crippen LogP contribution >= 0.6 is 12.4 Å². The number of aromatic nitrogens is 2. The first-order valence-electron chi connectivity index (χ1n) is 7.65. The van der Waals surface area contributed by atoms with Gasteiger partial charge in [-0.3, -0.25) is 4.79 Å². The van der Waals surface area contributed by atoms with E-state index >= 15 is 0 Å². The van der Waals surface area contributed by atoms with Gasteiger partial charge in [0, 0.05) is 11.6 Å². The molecule has 1 saturated heterocycles. The molecule has 2 heterocycles. The molecule has 8 heteroatoms. The van der Waals surface area contributed by atoms with Gasteiger partial charge in [0.25, 0.3) is 5.89 Å². The predicted octanol–water partition coefficient (Wildman–Crippen LogP) is 2.17. The Labute approximate surface area is 146 Å². The number of carbonyl (C=O) groups excluding carboxylic acids is 1. The maximum atomic E-state index is 12.1. The molecule has 1 atom stereocenters. The molecule has 1 unspecified atom stereocenters. The van der Waals surface area contributed by atoms with Crippen molar-refractivity contribution in [1.29, 1.82) is 0 Å². The lowest BCUT2D eigenvalue weighted by molar-refractivity contribution is -0.121. The summed E-state index contributed by atoms with van der Waals surface area (Å²) in [6, 6.07) is 7.24. The molecule has 0 saturated carbocycles. The average Bonchev–Trinajstić information content (AvgIpc) is 2.90. The number of nitrogens with one attached hydrogen (secondary N) is 2. The fourth-order valence-corrected chi connectivity index (χ4v) is 2.31. The first kappa shape index (κ1) is 18.2. The van der Waals surface area contributed by atoms with E-state index in [0.717, 1.165) is 18.8 Å². The maximum Gasteiger partial charge on any atom is 0.264 e. The summed E-state index contributed by atoms with van der Waals surface area (Å²) in [5.74, 6) is 2.17. The highest BCUT2D eigenvalue weighted by Gasteiger charge is 2.28. The first-order valence-corrected chi connectivity index (χ1v) is 7.65. The van der Waals surface area contributed by atoms with Gasteiger partial charge in [0.2, 0.25) is 5.91 Å². The molecule has 2 aromatic rings. The number of hydrogen-bond donors (Lipinski definition) is 2. The normalized spacial score (nSPS) is 15.1. The summed E-state index contributed by atoms with van der Waals surface area (Å²) in [6.45, 7) is 5.77. The van der Waals surface area contributed by atoms with E-state index in [-0.39, 0.29) is 30.8 Å². The second kappa shape index (κ2) is 8.12. The van der Waals surface area contributed by atoms with E-state index < -0.39 is 0 Å². The lowest BCUT2D eigenvalue weighted by atomic mass is 9.88. The standard InChI is InChI=1S/C16H20N4O3.ClH/c1-10(12-7-17-8-12)16(21)19-13-3-5-14(6-4-13)22-9-15-18-11(2)20-23-15;/h3-6,10,12,17H,7-9H2,1-2H3,(H,19,21);1H. The Bertz CT molecular complexity index is 670. The molecule has 130 valence electrons. The molecule has 1 aliphatic rings. The van der Waals surface area contributed by atoms with Crippen LogP contribution in [0.15, 0.2) is 28.8 Å². The second-order valence-corrected chi connectivity index (χ2v) is 5.74. The quantitative estimate of drug-likeness (QED) is 0.828. The molecule has 1 aromatic heterocycles. The number of ether oxygens (including phenoxy) is 1. The molecule has 1 fully saturated rings. The highest BCUT2D eigenvalue weighted by molar-refractivity contribution is 5.92. The fourth-order valence-electron chi connectivity index (χ4n) is 2.31. The van der Waals surface area contributed by atoms with Crippen molar-refractivity contribution in [3.63, 3.8) is 0 Å². The van der Waals surface area contributed by atoms with Gasteiger partial charge in [0.15, 0.2) is 12.4 Å². The van der Waals surface area contributed by atoms with Crippen molar-refractivity contribution in [3.05, 3.63) is 36.0 Å². The fraction of sp³-hybridized carbons (Fsp3) is 0.438. The maximum absolute atomic E-state index is 12.1. The summed E-state index contributed by atoms with van der Waals surface area (Å²) in [6.07, 6.45) is 0. The van der Waals surface area contributed by atoms with Gasteiger partial charge in [0.1, 0.15) is 5.75 Å². The molecular weight excluding hydrogens is 332 g/mol. The van der Waals surface area contributed by atoms with Crippen molar-refractivity contribution >= 4 is 24.0 Å². The zero-order chi connectivity index (χ0) is 16.2. The van der Waals surface area contributed by atoms with E-state index in [2.05, 4.69) is 20.8 Å². The van der Waals surface area contributed by atoms with Crippen LogP contribution in [0.3, 0.4) is 0 Å². The molecule has 2 N–H and O–H groups in total. The van der Waals surface area contributed by atoms with E-state index in [0.29, 0.717) is 23.4 Å². The molecule has 1 aliphatic heterocycles. The Hall–Kier alpha value is -2.12. The highest BCUT2D eigenvalue weighted by atomic mass is 35.5. The number of halogens is 1. The van der Waals surface area contributed by atoms with Crippen molar-refractivity contribution < 1.29 is 14.1 Å². The van der Waals surface area contributed by atoms with Crippen LogP contribution in [0.5, 0.6) is 5.75 Å². The topological polar surface area (TPSA) is 89.3 Å². The van der Waals surface area contributed by atoms with Crippen molar-refractivity contribution in [1.82, 2.24) is 15.5 Å². The molecule has 1 amide bonds. The Balaban J connectivity index is 0.00000208. The smallest absolute Gasteiger partial charge is 0.264 e. The molecule has 0 spiro atoms. The molecular formula is C16H21ClN4O3. The van der Waals surface area contributed by atoms with E-state index in [9.17, 15) is 4.79 Å². The summed E-state index contributed by atoms with van der Waals surface area (Å²) in [7, 11) is 0. The summed E-state index contributed by atoms with van der Waals surface area (Å²) in [4.78, 5) is 16.2. The van der Waals surface area contributed by atoms with Crippen LogP contribution in [0.1, 0.15) is 18.6 Å². The molecule has 24 heavy (non-hydrogen) atoms. The number of amides is 1. The van der Waals surface area contributed by atoms with Gasteiger partial charge in [-0.15, -0.1) is 12.4 Å². The van der Waals surface area contributed by atoms with Crippen LogP contribution in [0.25, 0.3) is 0 Å². The summed E-state index contributed by atoms with van der Waals surface area (Å²) in [5, 5.41) is 9.82. The number of rotatable bonds is 6. The van der Waals surface area contributed by atoms with Crippen LogP contribution in [0.2, 0.25) is 0 Å². The number of anilines is 1. The van der Waals surface area contributed by atoms with Gasteiger partial charge in [-0.05, 0) is 50.2 Å². The lowest BCUT2D eigenvalue weighted by Gasteiger charge is -2.31. The van der Waals surface area contributed by atoms with Crippen LogP contribution in [0, 0.1) is 18.8 Å². The zero-order valence-electron chi connectivity index (χ0n) is 13.6. The zero-order valence-corrected chi connectivity index (χ0v) is 14.4. The van der Waals surface area contributed by atoms with Crippen molar-refractivity contribution in [2.75, 3.05) is 18.4 Å². The van der Waals surface area contributed by atoms with E-state index in [1.807, 2.05) is 19.1 Å². The van der Waals surface area contributed by atoms with E-state index in [4.69, 9.17) is 9.26 Å². The van der Waals surface area contributed by atoms with Gasteiger partial charge in [0.05, 0.1) is 0 Å². The summed E-state index contributed by atoms with van der Waals surface area (Å²) < 4.78 is 10.5. The Kier molecular flexibility index (Phi) is 6.16. The SMILES string of the molecule is Cc1noc(COc2ccc(NC(=O)C(C)C3CNC3)cc2)n1.Cl. The first-order chi connectivity index (χ1) is 11.1. The Morgan fingerprint density at radius 1 is 1.42 bits per heavy atom. The highest BCUT2D eigenvalue weighted by Crippen LogP contribution is 2.20. The molecule has 7 nitrogen and oxygen atoms in total. The monoisotopic (exact) mass is 352 g/mol. The number of carbonyl (C=O) groups is 1. The van der Waals surface area contributed by atoms with E-state index in [1.54, 1.807) is 19.1 Å². The molecule has 3 rings (SSSR count). The lowest BCUT2D eigenvalue weighted by Crippen LogP contribution is -2.48. The van der Waals surface area contributed by atoms with Crippen LogP contribution in [-0.4, -0.2) is 29.1 Å². The number of aryl methyl sites for hydroxylation is 1. The largest absolute Gasteiger partial charge is 0.484 e. The third-order valence-corrected chi connectivity index (χ3v) is 3.99. The van der Waals surface area contributed by atoms with Crippen molar-refractivity contribution in [2.45, 2.75) is 20.5 Å². The van der Waals surface area contributed by atoms with Crippen LogP contribution < -0.4 is 15.4 Å². The van der Waals surface area contributed by atoms with Crippen molar-refractivity contribution in [2.24, 2.45) is 11.8 Å². The van der Waals surface area contributed by atoms with Gasteiger partial charge < -0.3 is 19.9 Å². The average molecular weight is 353 g/mol. The number of hydrogen-bond acceptors (Lipinski definition) is 6. The third-order valence-electron chi connectivity index (χ3n) is 3.99. The minimum Gasteiger partial charge on any atom is -0.484 e. The van der Waals surface area contributed by atoms with Gasteiger partial charge in [-0.2, -0.15) is 4.98 Å². The Morgan fingerprint density at radius 3 is 2.67 bits per heavy atom. The minimum absolute atomic E-state index is 0. The molecule has 0 aliphatic carbocycles. The second-order valence-electron chi connectivity index (χ2n) is 5.74. The van der Waals surface area contributed by atoms with Crippen LogP contribution in [0.4, 0.5) is 5.69 Å². The van der Waals surface area contributed by atoms with Gasteiger partial charge >= 0.3 is 0 Å². The molecule has 0 bridgehead atoms.